The fraction of sp³-hybridized carbons (Fsp3) is 0.946. The van der Waals surface area contributed by atoms with Gasteiger partial charge in [0.05, 0.1) is 34.4 Å². The molecule has 0 fully saturated rings. The molecule has 0 aliphatic heterocycles. The second-order valence-corrected chi connectivity index (χ2v) is 20.6. The third kappa shape index (κ3) is 50.0. The molecular weight excluding hydrogens is 815 g/mol. The number of carboxylic acids is 1. The molecule has 0 bridgehead atoms. The molecule has 0 aromatic carbocycles. The van der Waals surface area contributed by atoms with E-state index < -0.39 is 18.4 Å². The van der Waals surface area contributed by atoms with Crippen molar-refractivity contribution in [1.82, 2.24) is 0 Å². The Hall–Kier alpha value is -1.71. The van der Waals surface area contributed by atoms with Crippen LogP contribution in [-0.2, 0) is 33.3 Å². The first kappa shape index (κ1) is 63.3. The van der Waals surface area contributed by atoms with E-state index in [1.807, 2.05) is 21.1 Å². The Bertz CT molecular complexity index is 1030. The van der Waals surface area contributed by atoms with Gasteiger partial charge in [0.15, 0.2) is 6.10 Å². The van der Waals surface area contributed by atoms with Crippen LogP contribution in [0, 0.1) is 0 Å². The van der Waals surface area contributed by atoms with Crippen LogP contribution in [0.3, 0.4) is 0 Å². The van der Waals surface area contributed by atoms with Crippen LogP contribution in [-0.4, -0.2) is 87.4 Å². The van der Waals surface area contributed by atoms with Crippen molar-refractivity contribution in [3.8, 4) is 0 Å². The Morgan fingerprint density at radius 3 is 0.985 bits per heavy atom. The average molecular weight is 925 g/mol. The molecule has 0 amide bonds. The van der Waals surface area contributed by atoms with E-state index in [9.17, 15) is 19.5 Å². The third-order valence-electron chi connectivity index (χ3n) is 12.9. The van der Waals surface area contributed by atoms with Crippen LogP contribution in [0.1, 0.15) is 284 Å². The predicted octanol–water partition coefficient (Wildman–Crippen LogP) is 16.0. The van der Waals surface area contributed by atoms with Crippen LogP contribution >= 0.6 is 0 Å². The van der Waals surface area contributed by atoms with Crippen molar-refractivity contribution in [2.45, 2.75) is 296 Å². The monoisotopic (exact) mass is 925 g/mol. The van der Waals surface area contributed by atoms with Crippen LogP contribution < -0.4 is 0 Å². The molecule has 2 atom stereocenters. The van der Waals surface area contributed by atoms with E-state index in [1.165, 1.54) is 218 Å². The molecule has 9 heteroatoms. The number of esters is 2. The van der Waals surface area contributed by atoms with Gasteiger partial charge >= 0.3 is 17.9 Å². The molecule has 386 valence electrons. The van der Waals surface area contributed by atoms with E-state index in [-0.39, 0.29) is 38.2 Å². The molecule has 0 saturated heterocycles. The molecule has 0 aliphatic rings. The highest BCUT2D eigenvalue weighted by Gasteiger charge is 2.25. The lowest BCUT2D eigenvalue weighted by molar-refractivity contribution is -0.870. The van der Waals surface area contributed by atoms with Crippen LogP contribution in [0.25, 0.3) is 0 Å². The van der Waals surface area contributed by atoms with Crippen molar-refractivity contribution in [3.63, 3.8) is 0 Å². The third-order valence-corrected chi connectivity index (χ3v) is 12.9. The van der Waals surface area contributed by atoms with Crippen LogP contribution in [0.5, 0.6) is 0 Å². The molecule has 2 unspecified atom stereocenters. The Morgan fingerprint density at radius 2 is 0.692 bits per heavy atom. The van der Waals surface area contributed by atoms with Gasteiger partial charge in [-0.3, -0.25) is 9.59 Å². The highest BCUT2D eigenvalue weighted by molar-refractivity contribution is 5.71. The van der Waals surface area contributed by atoms with Gasteiger partial charge in [-0.15, -0.1) is 0 Å². The lowest BCUT2D eigenvalue weighted by Gasteiger charge is -2.25. The second-order valence-electron chi connectivity index (χ2n) is 20.6. The number of aliphatic carboxylic acids is 1. The Kier molecular flexibility index (Phi) is 47.5. The lowest BCUT2D eigenvalue weighted by atomic mass is 10.0. The number of rotatable bonds is 53. The maximum absolute atomic E-state index is 12.8. The Morgan fingerprint density at radius 1 is 0.400 bits per heavy atom. The fourth-order valence-corrected chi connectivity index (χ4v) is 8.49. The summed E-state index contributed by atoms with van der Waals surface area (Å²) in [5.74, 6) is -2.00. The zero-order valence-corrected chi connectivity index (χ0v) is 43.9. The normalized spacial score (nSPS) is 12.7. The summed E-state index contributed by atoms with van der Waals surface area (Å²) in [6.07, 6.45) is 51.1. The van der Waals surface area contributed by atoms with E-state index in [2.05, 4.69) is 13.8 Å². The number of nitrogens with zero attached hydrogens (tertiary/aromatic N) is 1. The first-order valence-corrected chi connectivity index (χ1v) is 28.2. The maximum Gasteiger partial charge on any atom is 0.361 e. The van der Waals surface area contributed by atoms with Crippen molar-refractivity contribution in [3.05, 3.63) is 0 Å². The van der Waals surface area contributed by atoms with Crippen molar-refractivity contribution in [2.24, 2.45) is 0 Å². The van der Waals surface area contributed by atoms with E-state index in [4.69, 9.17) is 18.9 Å². The quantitative estimate of drug-likeness (QED) is 0.0278. The Labute approximate surface area is 403 Å². The van der Waals surface area contributed by atoms with E-state index in [0.29, 0.717) is 17.4 Å². The molecule has 0 spiro atoms. The van der Waals surface area contributed by atoms with E-state index in [0.717, 1.165) is 38.5 Å². The Balaban J connectivity index is 3.83. The number of carbonyl (C=O) groups excluding carboxylic acids is 2. The van der Waals surface area contributed by atoms with Crippen molar-refractivity contribution < 1.29 is 42.9 Å². The number of unbranched alkanes of at least 4 members (excludes halogenated alkanes) is 38. The van der Waals surface area contributed by atoms with Crippen molar-refractivity contribution in [1.29, 1.82) is 0 Å². The van der Waals surface area contributed by atoms with Gasteiger partial charge in [-0.1, -0.05) is 258 Å². The van der Waals surface area contributed by atoms with Gasteiger partial charge in [-0.25, -0.2) is 4.79 Å². The summed E-state index contributed by atoms with van der Waals surface area (Å²) in [4.78, 5) is 37.0. The number of quaternary nitrogens is 1. The average Bonchev–Trinajstić information content (AvgIpc) is 3.27. The minimum Gasteiger partial charge on any atom is -0.477 e. The summed E-state index contributed by atoms with van der Waals surface area (Å²) in [5, 5.41) is 9.62. The van der Waals surface area contributed by atoms with Gasteiger partial charge in [-0.2, -0.15) is 0 Å². The summed E-state index contributed by atoms with van der Waals surface area (Å²) in [6, 6.07) is 0. The number of carbonyl (C=O) groups is 3. The minimum absolute atomic E-state index is 0.175. The van der Waals surface area contributed by atoms with Gasteiger partial charge in [0.1, 0.15) is 13.2 Å². The highest BCUT2D eigenvalue weighted by atomic mass is 16.7. The number of likely N-dealkylation sites (N-methyl/N-ethyl adjacent to an activating group) is 1. The summed E-state index contributed by atoms with van der Waals surface area (Å²) in [7, 11) is 5.96. The molecule has 0 radical (unpaired) electrons. The first-order valence-electron chi connectivity index (χ1n) is 28.2. The van der Waals surface area contributed by atoms with Crippen LogP contribution in [0.2, 0.25) is 0 Å². The summed E-state index contributed by atoms with van der Waals surface area (Å²) < 4.78 is 22.7. The number of ether oxygens (including phenoxy) is 4. The summed E-state index contributed by atoms with van der Waals surface area (Å²) >= 11 is 0. The minimum atomic E-state index is -1.50. The molecule has 0 aliphatic carbocycles. The molecule has 1 N–H and O–H groups in total. The fourth-order valence-electron chi connectivity index (χ4n) is 8.49. The number of carboxylic acid groups (broad SMARTS) is 1. The molecule has 0 saturated carbocycles. The van der Waals surface area contributed by atoms with Gasteiger partial charge in [0, 0.05) is 12.8 Å². The lowest BCUT2D eigenvalue weighted by Crippen LogP contribution is -2.40. The highest BCUT2D eigenvalue weighted by Crippen LogP contribution is 2.18. The van der Waals surface area contributed by atoms with Crippen molar-refractivity contribution in [2.75, 3.05) is 47.5 Å². The predicted molar refractivity (Wildman–Crippen MR) is 272 cm³/mol. The zero-order chi connectivity index (χ0) is 47.7. The van der Waals surface area contributed by atoms with Gasteiger partial charge < -0.3 is 28.5 Å². The number of hydrogen-bond donors (Lipinski definition) is 1. The SMILES string of the molecule is CCCCCCCCCCCCCCCCCCCCCCCCCCCCCCCCCCCCC(=O)OC(COC(=O)CCCCCCCC)COC(OCC[N+](C)(C)C)C(=O)O. The van der Waals surface area contributed by atoms with Crippen LogP contribution in [0.15, 0.2) is 0 Å². The van der Waals surface area contributed by atoms with E-state index in [1.54, 1.807) is 0 Å². The van der Waals surface area contributed by atoms with Gasteiger partial charge in [-0.05, 0) is 12.8 Å². The molecule has 65 heavy (non-hydrogen) atoms. The van der Waals surface area contributed by atoms with Gasteiger partial charge in [0.25, 0.3) is 6.29 Å². The molecule has 0 heterocycles. The smallest absolute Gasteiger partial charge is 0.361 e. The molecule has 0 aromatic rings. The largest absolute Gasteiger partial charge is 0.477 e. The summed E-state index contributed by atoms with van der Waals surface area (Å²) in [5.41, 5.74) is 0. The second kappa shape index (κ2) is 48.7. The topological polar surface area (TPSA) is 108 Å². The number of hydrogen-bond acceptors (Lipinski definition) is 7. The molecule has 9 nitrogen and oxygen atoms in total. The zero-order valence-electron chi connectivity index (χ0n) is 43.9. The molecule has 0 aromatic heterocycles. The van der Waals surface area contributed by atoms with Crippen molar-refractivity contribution >= 4 is 17.9 Å². The first-order chi connectivity index (χ1) is 31.6. The molecular formula is C56H110NO8+. The van der Waals surface area contributed by atoms with E-state index >= 15 is 0 Å². The maximum atomic E-state index is 12.8. The molecule has 0 rings (SSSR count). The van der Waals surface area contributed by atoms with Gasteiger partial charge in [0.2, 0.25) is 0 Å². The standard InChI is InChI=1S/C56H109NO8/c1-6-8-10-12-14-15-16-17-18-19-20-21-22-23-24-25-26-27-28-29-30-31-32-33-34-35-36-37-38-39-40-41-43-45-47-54(59)65-52(50-63-53(58)46-44-42-13-11-9-7-2)51-64-56(55(60)61)62-49-48-57(3,4)5/h52,56H,6-51H2,1-5H3/p+1. The summed E-state index contributed by atoms with van der Waals surface area (Å²) in [6.45, 7) is 4.85. The van der Waals surface area contributed by atoms with Crippen LogP contribution in [0.4, 0.5) is 0 Å².